The summed E-state index contributed by atoms with van der Waals surface area (Å²) in [5.41, 5.74) is 0.825. The summed E-state index contributed by atoms with van der Waals surface area (Å²) in [4.78, 5) is 24.9. The van der Waals surface area contributed by atoms with Gasteiger partial charge in [-0.15, -0.1) is 0 Å². The van der Waals surface area contributed by atoms with E-state index in [1.807, 2.05) is 0 Å². The summed E-state index contributed by atoms with van der Waals surface area (Å²) in [7, 11) is 0. The number of carbonyl (C=O) groups is 2. The summed E-state index contributed by atoms with van der Waals surface area (Å²) in [5, 5.41) is 0. The maximum atomic E-state index is 12.5. The molecule has 0 saturated carbocycles. The van der Waals surface area contributed by atoms with Crippen LogP contribution in [0, 0.1) is 11.3 Å². The molecule has 0 amide bonds. The van der Waals surface area contributed by atoms with Crippen LogP contribution in [0.2, 0.25) is 0 Å². The first kappa shape index (κ1) is 25.2. The highest BCUT2D eigenvalue weighted by molar-refractivity contribution is 6.03. The Morgan fingerprint density at radius 3 is 1.93 bits per heavy atom. The Hall–Kier alpha value is -1.84. The molecular weight excluding hydrogens is 364 g/mol. The topological polar surface area (TPSA) is 52.6 Å². The van der Waals surface area contributed by atoms with Gasteiger partial charge in [0, 0.05) is 0 Å². The van der Waals surface area contributed by atoms with Crippen molar-refractivity contribution in [1.29, 1.82) is 0 Å². The maximum Gasteiger partial charge on any atom is 0.339 e. The van der Waals surface area contributed by atoms with Crippen LogP contribution >= 0.6 is 0 Å². The average Bonchev–Trinajstić information content (AvgIpc) is 2.65. The lowest BCUT2D eigenvalue weighted by Crippen LogP contribution is -2.17. The molecule has 0 aliphatic rings. The Balaban J connectivity index is 2.47. The van der Waals surface area contributed by atoms with E-state index < -0.39 is 11.9 Å². The van der Waals surface area contributed by atoms with E-state index in [0.717, 1.165) is 25.7 Å². The van der Waals surface area contributed by atoms with Crippen molar-refractivity contribution in [3.63, 3.8) is 0 Å². The van der Waals surface area contributed by atoms with Gasteiger partial charge in [-0.25, -0.2) is 9.59 Å². The SMILES string of the molecule is CCCCCCCCOC(=O)c1ccccc1C(=O)OCCC(C)CC(C)(C)C. The van der Waals surface area contributed by atoms with E-state index in [2.05, 4.69) is 34.6 Å². The minimum atomic E-state index is -0.458. The Morgan fingerprint density at radius 2 is 1.38 bits per heavy atom. The van der Waals surface area contributed by atoms with Gasteiger partial charge in [0.2, 0.25) is 0 Å². The molecule has 29 heavy (non-hydrogen) atoms. The lowest BCUT2D eigenvalue weighted by Gasteiger charge is -2.23. The molecule has 0 aliphatic heterocycles. The lowest BCUT2D eigenvalue weighted by molar-refractivity contribution is 0.0439. The first-order chi connectivity index (χ1) is 13.7. The van der Waals surface area contributed by atoms with Crippen molar-refractivity contribution in [2.75, 3.05) is 13.2 Å². The van der Waals surface area contributed by atoms with Crippen molar-refractivity contribution in [3.8, 4) is 0 Å². The molecule has 0 aliphatic carbocycles. The van der Waals surface area contributed by atoms with E-state index in [1.54, 1.807) is 24.3 Å². The van der Waals surface area contributed by atoms with E-state index in [0.29, 0.717) is 19.1 Å². The molecular formula is C25H40O4. The van der Waals surface area contributed by atoms with Crippen molar-refractivity contribution >= 4 is 11.9 Å². The van der Waals surface area contributed by atoms with E-state index in [4.69, 9.17) is 9.47 Å². The average molecular weight is 405 g/mol. The van der Waals surface area contributed by atoms with Crippen LogP contribution < -0.4 is 0 Å². The molecule has 4 heteroatoms. The Bertz CT molecular complexity index is 615. The molecule has 1 atom stereocenters. The van der Waals surface area contributed by atoms with Crippen LogP contribution in [0.15, 0.2) is 24.3 Å². The molecule has 0 radical (unpaired) electrons. The van der Waals surface area contributed by atoms with Crippen LogP contribution in [0.3, 0.4) is 0 Å². The molecule has 164 valence electrons. The third-order valence-electron chi connectivity index (χ3n) is 4.90. The zero-order chi connectivity index (χ0) is 21.7. The molecule has 1 aromatic carbocycles. The van der Waals surface area contributed by atoms with Crippen LogP contribution in [-0.4, -0.2) is 25.2 Å². The fourth-order valence-corrected chi connectivity index (χ4v) is 3.54. The quantitative estimate of drug-likeness (QED) is 0.267. The van der Waals surface area contributed by atoms with E-state index in [9.17, 15) is 9.59 Å². The summed E-state index contributed by atoms with van der Waals surface area (Å²) in [5.74, 6) is -0.437. The second kappa shape index (κ2) is 13.4. The monoisotopic (exact) mass is 404 g/mol. The summed E-state index contributed by atoms with van der Waals surface area (Å²) >= 11 is 0. The van der Waals surface area contributed by atoms with Gasteiger partial charge >= 0.3 is 11.9 Å². The van der Waals surface area contributed by atoms with Gasteiger partial charge in [-0.2, -0.15) is 0 Å². The highest BCUT2D eigenvalue weighted by Crippen LogP contribution is 2.26. The zero-order valence-electron chi connectivity index (χ0n) is 19.1. The predicted octanol–water partition coefficient (Wildman–Crippen LogP) is 6.82. The van der Waals surface area contributed by atoms with Crippen LogP contribution in [-0.2, 0) is 9.47 Å². The van der Waals surface area contributed by atoms with Crippen molar-refractivity contribution < 1.29 is 19.1 Å². The lowest BCUT2D eigenvalue weighted by atomic mass is 9.84. The van der Waals surface area contributed by atoms with Crippen molar-refractivity contribution in [2.45, 2.75) is 86.0 Å². The smallest absolute Gasteiger partial charge is 0.339 e. The molecule has 0 fully saturated rings. The van der Waals surface area contributed by atoms with Crippen molar-refractivity contribution in [2.24, 2.45) is 11.3 Å². The highest BCUT2D eigenvalue weighted by Gasteiger charge is 2.20. The van der Waals surface area contributed by atoms with Gasteiger partial charge in [-0.05, 0) is 42.7 Å². The molecule has 0 spiro atoms. The Morgan fingerprint density at radius 1 is 0.862 bits per heavy atom. The van der Waals surface area contributed by atoms with Gasteiger partial charge < -0.3 is 9.47 Å². The Labute approximate surface area is 177 Å². The van der Waals surface area contributed by atoms with Crippen molar-refractivity contribution in [3.05, 3.63) is 35.4 Å². The zero-order valence-corrected chi connectivity index (χ0v) is 19.1. The van der Waals surface area contributed by atoms with Crippen LogP contribution in [0.4, 0.5) is 0 Å². The standard InChI is InChI=1S/C25H40O4/c1-6-7-8-9-10-13-17-28-23(26)21-14-11-12-15-22(21)24(27)29-18-16-20(2)19-25(3,4)5/h11-12,14-15,20H,6-10,13,16-19H2,1-5H3. The second-order valence-electron chi connectivity index (χ2n) is 9.24. The molecule has 0 aromatic heterocycles. The molecule has 0 N–H and O–H groups in total. The summed E-state index contributed by atoms with van der Waals surface area (Å²) in [6, 6.07) is 6.73. The molecule has 1 aromatic rings. The summed E-state index contributed by atoms with van der Waals surface area (Å²) in [6.45, 7) is 11.7. The molecule has 0 heterocycles. The molecule has 1 unspecified atom stereocenters. The molecule has 0 saturated heterocycles. The van der Waals surface area contributed by atoms with Gasteiger partial charge in [0.1, 0.15) is 0 Å². The van der Waals surface area contributed by atoms with Crippen LogP contribution in [0.5, 0.6) is 0 Å². The first-order valence-electron chi connectivity index (χ1n) is 11.2. The Kier molecular flexibility index (Phi) is 11.6. The fourth-order valence-electron chi connectivity index (χ4n) is 3.54. The van der Waals surface area contributed by atoms with Crippen LogP contribution in [0.1, 0.15) is 107 Å². The van der Waals surface area contributed by atoms with Gasteiger partial charge in [0.15, 0.2) is 0 Å². The molecule has 1 rings (SSSR count). The number of hydrogen-bond donors (Lipinski definition) is 0. The fraction of sp³-hybridized carbons (Fsp3) is 0.680. The van der Waals surface area contributed by atoms with Gasteiger partial charge in [0.25, 0.3) is 0 Å². The number of unbranched alkanes of at least 4 members (excludes halogenated alkanes) is 5. The first-order valence-corrected chi connectivity index (χ1v) is 11.2. The minimum absolute atomic E-state index is 0.260. The summed E-state index contributed by atoms with van der Waals surface area (Å²) in [6.07, 6.45) is 8.67. The van der Waals surface area contributed by atoms with Crippen LogP contribution in [0.25, 0.3) is 0 Å². The number of ether oxygens (including phenoxy) is 2. The maximum absolute atomic E-state index is 12.5. The third kappa shape index (κ3) is 11.1. The largest absolute Gasteiger partial charge is 0.462 e. The predicted molar refractivity (Wildman–Crippen MR) is 118 cm³/mol. The second-order valence-corrected chi connectivity index (χ2v) is 9.24. The van der Waals surface area contributed by atoms with Gasteiger partial charge in [-0.3, -0.25) is 0 Å². The number of carbonyl (C=O) groups excluding carboxylic acids is 2. The number of rotatable bonds is 13. The summed E-state index contributed by atoms with van der Waals surface area (Å²) < 4.78 is 10.8. The molecule has 4 nitrogen and oxygen atoms in total. The minimum Gasteiger partial charge on any atom is -0.462 e. The third-order valence-corrected chi connectivity index (χ3v) is 4.90. The molecule has 0 bridgehead atoms. The van der Waals surface area contributed by atoms with E-state index >= 15 is 0 Å². The van der Waals surface area contributed by atoms with E-state index in [-0.39, 0.29) is 16.5 Å². The number of esters is 2. The van der Waals surface area contributed by atoms with Gasteiger partial charge in [0.05, 0.1) is 24.3 Å². The van der Waals surface area contributed by atoms with Crippen molar-refractivity contribution in [1.82, 2.24) is 0 Å². The number of hydrogen-bond acceptors (Lipinski definition) is 4. The highest BCUT2D eigenvalue weighted by atomic mass is 16.5. The van der Waals surface area contributed by atoms with E-state index in [1.165, 1.54) is 25.7 Å². The number of benzene rings is 1. The normalized spacial score (nSPS) is 12.4. The van der Waals surface area contributed by atoms with Gasteiger partial charge in [-0.1, -0.05) is 78.9 Å².